The van der Waals surface area contributed by atoms with Crippen molar-refractivity contribution in [1.29, 1.82) is 0 Å². The third-order valence-corrected chi connectivity index (χ3v) is 4.12. The standard InChI is InChI=1S/C19H30N2O3.ClH/c1-15(2)24-18-6-3-5-16(13-18)14-19(22)21-10-7-17(8-11-21)23-12-4-9-20;/h3,5-6,13,15,17H,4,7-12,14,20H2,1-2H3;1H. The van der Waals surface area contributed by atoms with Gasteiger partial charge in [0.1, 0.15) is 5.75 Å². The number of rotatable bonds is 8. The van der Waals surface area contributed by atoms with E-state index in [4.69, 9.17) is 15.2 Å². The van der Waals surface area contributed by atoms with Gasteiger partial charge in [-0.1, -0.05) is 12.1 Å². The number of hydrogen-bond donors (Lipinski definition) is 1. The highest BCUT2D eigenvalue weighted by Crippen LogP contribution is 2.18. The van der Waals surface area contributed by atoms with E-state index in [1.165, 1.54) is 0 Å². The minimum Gasteiger partial charge on any atom is -0.491 e. The first kappa shape index (κ1) is 21.7. The molecular formula is C19H31ClN2O3. The molecule has 6 heteroatoms. The summed E-state index contributed by atoms with van der Waals surface area (Å²) in [5.41, 5.74) is 6.47. The highest BCUT2D eigenvalue weighted by Gasteiger charge is 2.23. The molecule has 1 aromatic rings. The Hall–Kier alpha value is -1.30. The fraction of sp³-hybridized carbons (Fsp3) is 0.632. The molecule has 0 spiro atoms. The number of carbonyl (C=O) groups is 1. The molecular weight excluding hydrogens is 340 g/mol. The molecule has 25 heavy (non-hydrogen) atoms. The fourth-order valence-electron chi connectivity index (χ4n) is 2.89. The first-order chi connectivity index (χ1) is 11.6. The molecule has 2 N–H and O–H groups in total. The molecule has 0 aromatic heterocycles. The van der Waals surface area contributed by atoms with E-state index >= 15 is 0 Å². The zero-order valence-electron chi connectivity index (χ0n) is 15.3. The molecule has 1 saturated heterocycles. The van der Waals surface area contributed by atoms with Crippen LogP contribution in [0.4, 0.5) is 0 Å². The zero-order valence-corrected chi connectivity index (χ0v) is 16.1. The zero-order chi connectivity index (χ0) is 17.4. The number of hydrogen-bond acceptors (Lipinski definition) is 4. The number of halogens is 1. The van der Waals surface area contributed by atoms with Crippen LogP contribution in [-0.4, -0.2) is 49.3 Å². The van der Waals surface area contributed by atoms with Crippen LogP contribution in [0.1, 0.15) is 38.7 Å². The van der Waals surface area contributed by atoms with Gasteiger partial charge in [-0.05, 0) is 57.4 Å². The van der Waals surface area contributed by atoms with E-state index in [2.05, 4.69) is 0 Å². The summed E-state index contributed by atoms with van der Waals surface area (Å²) in [7, 11) is 0. The number of nitrogens with two attached hydrogens (primary N) is 1. The predicted octanol–water partition coefficient (Wildman–Crippen LogP) is 2.79. The maximum absolute atomic E-state index is 12.5. The van der Waals surface area contributed by atoms with Crippen molar-refractivity contribution in [3.8, 4) is 5.75 Å². The Balaban J connectivity index is 0.00000312. The van der Waals surface area contributed by atoms with Crippen molar-refractivity contribution in [2.45, 2.75) is 51.7 Å². The van der Waals surface area contributed by atoms with Crippen LogP contribution in [0.15, 0.2) is 24.3 Å². The Kier molecular flexibility index (Phi) is 9.86. The molecule has 1 aliphatic rings. The summed E-state index contributed by atoms with van der Waals surface area (Å²) in [6.07, 6.45) is 3.54. The molecule has 2 rings (SSSR count). The average Bonchev–Trinajstić information content (AvgIpc) is 2.55. The number of amides is 1. The van der Waals surface area contributed by atoms with Crippen LogP contribution in [-0.2, 0) is 16.0 Å². The minimum absolute atomic E-state index is 0. The van der Waals surface area contributed by atoms with E-state index in [0.717, 1.165) is 50.3 Å². The molecule has 0 bridgehead atoms. The van der Waals surface area contributed by atoms with Crippen molar-refractivity contribution in [3.63, 3.8) is 0 Å². The Morgan fingerprint density at radius 3 is 2.68 bits per heavy atom. The van der Waals surface area contributed by atoms with Crippen molar-refractivity contribution < 1.29 is 14.3 Å². The SMILES string of the molecule is CC(C)Oc1cccc(CC(=O)N2CCC(OCCCN)CC2)c1.Cl. The van der Waals surface area contributed by atoms with Crippen LogP contribution >= 0.6 is 12.4 Å². The van der Waals surface area contributed by atoms with Crippen molar-refractivity contribution in [2.75, 3.05) is 26.2 Å². The minimum atomic E-state index is 0. The van der Waals surface area contributed by atoms with Gasteiger partial charge in [-0.15, -0.1) is 12.4 Å². The van der Waals surface area contributed by atoms with Gasteiger partial charge in [0, 0.05) is 19.7 Å². The molecule has 0 aliphatic carbocycles. The lowest BCUT2D eigenvalue weighted by Gasteiger charge is -2.32. The van der Waals surface area contributed by atoms with Crippen molar-refractivity contribution in [2.24, 2.45) is 5.73 Å². The van der Waals surface area contributed by atoms with Crippen LogP contribution in [0.25, 0.3) is 0 Å². The van der Waals surface area contributed by atoms with E-state index in [9.17, 15) is 4.79 Å². The van der Waals surface area contributed by atoms with Gasteiger partial charge in [-0.25, -0.2) is 0 Å². The largest absolute Gasteiger partial charge is 0.491 e. The predicted molar refractivity (Wildman–Crippen MR) is 102 cm³/mol. The molecule has 142 valence electrons. The molecule has 0 unspecified atom stereocenters. The Morgan fingerprint density at radius 2 is 2.04 bits per heavy atom. The highest BCUT2D eigenvalue weighted by molar-refractivity contribution is 5.85. The van der Waals surface area contributed by atoms with Gasteiger partial charge in [0.25, 0.3) is 0 Å². The van der Waals surface area contributed by atoms with Crippen LogP contribution < -0.4 is 10.5 Å². The van der Waals surface area contributed by atoms with Gasteiger partial charge < -0.3 is 20.1 Å². The van der Waals surface area contributed by atoms with Gasteiger partial charge in [0.2, 0.25) is 5.91 Å². The monoisotopic (exact) mass is 370 g/mol. The Bertz CT molecular complexity index is 517. The topological polar surface area (TPSA) is 64.8 Å². The third kappa shape index (κ3) is 7.63. The second-order valence-electron chi connectivity index (χ2n) is 6.58. The van der Waals surface area contributed by atoms with Crippen molar-refractivity contribution in [3.05, 3.63) is 29.8 Å². The maximum atomic E-state index is 12.5. The lowest BCUT2D eigenvalue weighted by molar-refractivity contribution is -0.133. The normalized spacial score (nSPS) is 15.1. The van der Waals surface area contributed by atoms with Crippen LogP contribution in [0.2, 0.25) is 0 Å². The lowest BCUT2D eigenvalue weighted by atomic mass is 10.1. The van der Waals surface area contributed by atoms with Crippen molar-refractivity contribution >= 4 is 18.3 Å². The van der Waals surface area contributed by atoms with E-state index in [0.29, 0.717) is 13.0 Å². The third-order valence-electron chi connectivity index (χ3n) is 4.12. The van der Waals surface area contributed by atoms with E-state index < -0.39 is 0 Å². The second-order valence-corrected chi connectivity index (χ2v) is 6.58. The second kappa shape index (κ2) is 11.3. The molecule has 0 atom stereocenters. The number of likely N-dealkylation sites (tertiary alicyclic amines) is 1. The van der Waals surface area contributed by atoms with E-state index in [-0.39, 0.29) is 30.5 Å². The number of carbonyl (C=O) groups excluding carboxylic acids is 1. The van der Waals surface area contributed by atoms with Gasteiger partial charge in [0.15, 0.2) is 0 Å². The number of piperidine rings is 1. The van der Waals surface area contributed by atoms with Crippen LogP contribution in [0.3, 0.4) is 0 Å². The molecule has 1 aromatic carbocycles. The fourth-order valence-corrected chi connectivity index (χ4v) is 2.89. The number of nitrogens with zero attached hydrogens (tertiary/aromatic N) is 1. The quantitative estimate of drug-likeness (QED) is 0.714. The number of ether oxygens (including phenoxy) is 2. The van der Waals surface area contributed by atoms with E-state index in [1.807, 2.05) is 43.0 Å². The summed E-state index contributed by atoms with van der Waals surface area (Å²) in [4.78, 5) is 14.4. The van der Waals surface area contributed by atoms with Gasteiger partial charge in [-0.2, -0.15) is 0 Å². The molecule has 5 nitrogen and oxygen atoms in total. The average molecular weight is 371 g/mol. The smallest absolute Gasteiger partial charge is 0.226 e. The van der Waals surface area contributed by atoms with Crippen LogP contribution in [0, 0.1) is 0 Å². The van der Waals surface area contributed by atoms with Crippen molar-refractivity contribution in [1.82, 2.24) is 4.90 Å². The van der Waals surface area contributed by atoms with Gasteiger partial charge in [-0.3, -0.25) is 4.79 Å². The van der Waals surface area contributed by atoms with E-state index in [1.54, 1.807) is 0 Å². The van der Waals surface area contributed by atoms with Crippen LogP contribution in [0.5, 0.6) is 5.75 Å². The molecule has 1 heterocycles. The summed E-state index contributed by atoms with van der Waals surface area (Å²) in [6, 6.07) is 7.81. The summed E-state index contributed by atoms with van der Waals surface area (Å²) in [6.45, 7) is 6.92. The molecule has 0 radical (unpaired) electrons. The van der Waals surface area contributed by atoms with Gasteiger partial charge in [0.05, 0.1) is 18.6 Å². The summed E-state index contributed by atoms with van der Waals surface area (Å²) >= 11 is 0. The Labute approximate surface area is 157 Å². The first-order valence-corrected chi connectivity index (χ1v) is 8.93. The highest BCUT2D eigenvalue weighted by atomic mass is 35.5. The van der Waals surface area contributed by atoms with Gasteiger partial charge >= 0.3 is 0 Å². The maximum Gasteiger partial charge on any atom is 0.226 e. The lowest BCUT2D eigenvalue weighted by Crippen LogP contribution is -2.41. The Morgan fingerprint density at radius 1 is 1.32 bits per heavy atom. The first-order valence-electron chi connectivity index (χ1n) is 8.93. The summed E-state index contributed by atoms with van der Waals surface area (Å²) < 4.78 is 11.5. The number of benzene rings is 1. The summed E-state index contributed by atoms with van der Waals surface area (Å²) in [5.74, 6) is 0.999. The molecule has 1 amide bonds. The molecule has 0 saturated carbocycles. The molecule has 1 aliphatic heterocycles. The summed E-state index contributed by atoms with van der Waals surface area (Å²) in [5, 5.41) is 0. The molecule has 1 fully saturated rings.